The molecule has 0 amide bonds. The lowest BCUT2D eigenvalue weighted by Crippen LogP contribution is -2.21. The largest absolute Gasteiger partial charge is 0.493 e. The van der Waals surface area contributed by atoms with Gasteiger partial charge in [0.2, 0.25) is 5.88 Å². The number of allylic oxidation sites excluding steroid dienone is 1. The van der Waals surface area contributed by atoms with Crippen LogP contribution in [0.3, 0.4) is 0 Å². The zero-order valence-electron chi connectivity index (χ0n) is 22.3. The van der Waals surface area contributed by atoms with Gasteiger partial charge in [-0.15, -0.1) is 0 Å². The fraction of sp³-hybridized carbons (Fsp3) is 0.125. The average Bonchev–Trinajstić information content (AvgIpc) is 2.99. The molecule has 42 heavy (non-hydrogen) atoms. The van der Waals surface area contributed by atoms with E-state index in [0.717, 1.165) is 15.6 Å². The van der Waals surface area contributed by atoms with E-state index in [2.05, 4.69) is 22.0 Å². The number of methoxy groups -OCH3 is 1. The average molecular weight is 648 g/mol. The number of esters is 1. The third-order valence-corrected chi connectivity index (χ3v) is 7.35. The maximum absolute atomic E-state index is 12.4. The quantitative estimate of drug-likeness (QED) is 0.154. The molecule has 8 nitrogen and oxygen atoms in total. The van der Waals surface area contributed by atoms with Crippen molar-refractivity contribution < 1.29 is 28.5 Å². The number of nitrogens with zero attached hydrogens (tertiary/aromatic N) is 1. The van der Waals surface area contributed by atoms with Gasteiger partial charge in [-0.05, 0) is 54.1 Å². The van der Waals surface area contributed by atoms with E-state index < -0.39 is 11.9 Å². The lowest BCUT2D eigenvalue weighted by atomic mass is 9.83. The Bertz CT molecular complexity index is 1700. The van der Waals surface area contributed by atoms with Crippen LogP contribution in [-0.2, 0) is 11.4 Å². The highest BCUT2D eigenvalue weighted by Gasteiger charge is 2.32. The molecule has 0 aromatic heterocycles. The Hall–Kier alpha value is -4.65. The fourth-order valence-corrected chi connectivity index (χ4v) is 4.88. The summed E-state index contributed by atoms with van der Waals surface area (Å²) in [5.74, 6) is 0.912. The maximum atomic E-state index is 12.4. The first-order valence-electron chi connectivity index (χ1n) is 12.7. The monoisotopic (exact) mass is 646 g/mol. The zero-order chi connectivity index (χ0) is 29.6. The van der Waals surface area contributed by atoms with E-state index in [1.807, 2.05) is 36.4 Å². The number of fused-ring (bicyclic) bond motifs is 1. The van der Waals surface area contributed by atoms with Crippen molar-refractivity contribution in [3.8, 4) is 34.8 Å². The van der Waals surface area contributed by atoms with E-state index >= 15 is 0 Å². The molecule has 4 aromatic rings. The van der Waals surface area contributed by atoms with Crippen molar-refractivity contribution in [2.24, 2.45) is 5.73 Å². The summed E-state index contributed by atoms with van der Waals surface area (Å²) in [6.07, 6.45) is 0. The molecule has 10 heteroatoms. The highest BCUT2D eigenvalue weighted by atomic mass is 79.9. The first kappa shape index (κ1) is 28.9. The minimum atomic E-state index is -0.594. The molecule has 0 radical (unpaired) electrons. The predicted octanol–water partition coefficient (Wildman–Crippen LogP) is 6.89. The van der Waals surface area contributed by atoms with Crippen LogP contribution in [0.15, 0.2) is 101 Å². The summed E-state index contributed by atoms with van der Waals surface area (Å²) in [6, 6.07) is 27.0. The van der Waals surface area contributed by atoms with Gasteiger partial charge in [-0.3, -0.25) is 0 Å². The number of benzene rings is 4. The minimum Gasteiger partial charge on any atom is -0.493 e. The van der Waals surface area contributed by atoms with Crippen LogP contribution >= 0.6 is 27.5 Å². The van der Waals surface area contributed by atoms with Crippen LogP contribution in [0.2, 0.25) is 5.02 Å². The van der Waals surface area contributed by atoms with Crippen molar-refractivity contribution in [1.29, 1.82) is 5.26 Å². The number of nitrogens with two attached hydrogens (primary N) is 1. The maximum Gasteiger partial charge on any atom is 0.349 e. The van der Waals surface area contributed by atoms with Crippen LogP contribution in [0, 0.1) is 11.3 Å². The third kappa shape index (κ3) is 6.46. The van der Waals surface area contributed by atoms with Crippen molar-refractivity contribution in [2.45, 2.75) is 12.5 Å². The third-order valence-electron chi connectivity index (χ3n) is 6.45. The van der Waals surface area contributed by atoms with Gasteiger partial charge in [-0.2, -0.15) is 5.26 Å². The Morgan fingerprint density at radius 2 is 1.76 bits per heavy atom. The molecule has 1 aliphatic heterocycles. The van der Waals surface area contributed by atoms with Gasteiger partial charge in [0, 0.05) is 26.7 Å². The van der Waals surface area contributed by atoms with Gasteiger partial charge in [-0.25, -0.2) is 4.79 Å². The van der Waals surface area contributed by atoms with Crippen LogP contribution in [0.1, 0.15) is 22.6 Å². The van der Waals surface area contributed by atoms with Crippen LogP contribution in [0.5, 0.6) is 28.7 Å². The number of carbonyl (C=O) groups excluding carboxylic acids is 1. The molecule has 212 valence electrons. The zero-order valence-corrected chi connectivity index (χ0v) is 24.6. The van der Waals surface area contributed by atoms with Crippen LogP contribution < -0.4 is 29.4 Å². The van der Waals surface area contributed by atoms with Gasteiger partial charge in [0.15, 0.2) is 18.1 Å². The summed E-state index contributed by atoms with van der Waals surface area (Å²) in [5, 5.41) is 10.6. The van der Waals surface area contributed by atoms with E-state index in [1.165, 1.54) is 7.11 Å². The van der Waals surface area contributed by atoms with Crippen LogP contribution in [0.4, 0.5) is 0 Å². The Labute approximate surface area is 255 Å². The van der Waals surface area contributed by atoms with Crippen molar-refractivity contribution in [2.75, 3.05) is 13.7 Å². The summed E-state index contributed by atoms with van der Waals surface area (Å²) in [4.78, 5) is 12.4. The molecule has 1 atom stereocenters. The Kier molecular flexibility index (Phi) is 8.86. The van der Waals surface area contributed by atoms with Crippen LogP contribution in [0.25, 0.3) is 0 Å². The normalized spacial score (nSPS) is 13.8. The molecule has 0 spiro atoms. The summed E-state index contributed by atoms with van der Waals surface area (Å²) >= 11 is 9.62. The van der Waals surface area contributed by atoms with E-state index in [0.29, 0.717) is 33.6 Å². The first-order chi connectivity index (χ1) is 20.4. The highest BCUT2D eigenvalue weighted by Crippen LogP contribution is 2.45. The molecule has 1 unspecified atom stereocenters. The first-order valence-corrected chi connectivity index (χ1v) is 13.9. The van der Waals surface area contributed by atoms with Crippen molar-refractivity contribution in [1.82, 2.24) is 0 Å². The SMILES string of the molecule is COc1cc(C2C(C#N)=C(N)Oc3cc(OC(=O)COc4ccc(Br)cc4)ccc32)ccc1OCc1ccccc1Cl. The van der Waals surface area contributed by atoms with E-state index in [1.54, 1.807) is 48.5 Å². The summed E-state index contributed by atoms with van der Waals surface area (Å²) in [6.45, 7) is -0.0328. The number of rotatable bonds is 9. The second kappa shape index (κ2) is 12.9. The molecule has 0 saturated heterocycles. The molecule has 5 rings (SSSR count). The van der Waals surface area contributed by atoms with Gasteiger partial charge in [-0.1, -0.05) is 57.9 Å². The molecule has 0 fully saturated rings. The highest BCUT2D eigenvalue weighted by molar-refractivity contribution is 9.10. The molecule has 0 saturated carbocycles. The predicted molar refractivity (Wildman–Crippen MR) is 160 cm³/mol. The lowest BCUT2D eigenvalue weighted by Gasteiger charge is -2.27. The van der Waals surface area contributed by atoms with E-state index in [-0.39, 0.29) is 30.4 Å². The molecule has 1 heterocycles. The summed E-state index contributed by atoms with van der Waals surface area (Å²) in [5.41, 5.74) is 8.64. The van der Waals surface area contributed by atoms with Crippen LogP contribution in [-0.4, -0.2) is 19.7 Å². The standard InChI is InChI=1S/C32H24BrClN2O6/c1-38-29-14-19(6-13-27(29)40-17-20-4-2-3-5-26(20)34)31-24-12-11-23(15-28(24)42-32(36)25(31)16-35)41-30(37)18-39-22-9-7-21(33)8-10-22/h2-15,31H,17-18,36H2,1H3. The second-order valence-corrected chi connectivity index (χ2v) is 10.5. The van der Waals surface area contributed by atoms with E-state index in [4.69, 9.17) is 41.0 Å². The number of hydrogen-bond acceptors (Lipinski definition) is 8. The van der Waals surface area contributed by atoms with Gasteiger partial charge in [0.1, 0.15) is 35.5 Å². The van der Waals surface area contributed by atoms with Gasteiger partial charge in [0.25, 0.3) is 0 Å². The van der Waals surface area contributed by atoms with Gasteiger partial charge in [0.05, 0.1) is 13.0 Å². The van der Waals surface area contributed by atoms with Gasteiger partial charge >= 0.3 is 5.97 Å². The van der Waals surface area contributed by atoms with Crippen molar-refractivity contribution in [3.05, 3.63) is 123 Å². The topological polar surface area (TPSA) is 113 Å². The second-order valence-electron chi connectivity index (χ2n) is 9.13. The molecular formula is C32H24BrClN2O6. The molecule has 1 aliphatic rings. The van der Waals surface area contributed by atoms with E-state index in [9.17, 15) is 10.1 Å². The minimum absolute atomic E-state index is 0.0462. The number of carbonyl (C=O) groups is 1. The van der Waals surface area contributed by atoms with Gasteiger partial charge < -0.3 is 29.4 Å². The van der Waals surface area contributed by atoms with Crippen molar-refractivity contribution in [3.63, 3.8) is 0 Å². The summed E-state index contributed by atoms with van der Waals surface area (Å²) < 4.78 is 29.2. The lowest BCUT2D eigenvalue weighted by molar-refractivity contribution is -0.136. The number of halogens is 2. The smallest absolute Gasteiger partial charge is 0.349 e. The Balaban J connectivity index is 1.36. The number of hydrogen-bond donors (Lipinski definition) is 1. The molecule has 2 N–H and O–H groups in total. The number of nitriles is 1. The molecule has 0 aliphatic carbocycles. The van der Waals surface area contributed by atoms with Crippen molar-refractivity contribution >= 4 is 33.5 Å². The number of ether oxygens (including phenoxy) is 5. The Morgan fingerprint density at radius 1 is 1.00 bits per heavy atom. The molecule has 4 aromatic carbocycles. The molecular weight excluding hydrogens is 624 g/mol. The fourth-order valence-electron chi connectivity index (χ4n) is 4.43. The summed E-state index contributed by atoms with van der Waals surface area (Å²) in [7, 11) is 1.54. The molecule has 0 bridgehead atoms. The Morgan fingerprint density at radius 3 is 2.50 bits per heavy atom.